The lowest BCUT2D eigenvalue weighted by Crippen LogP contribution is -2.46. The molecule has 0 fully saturated rings. The molecule has 0 radical (unpaired) electrons. The van der Waals surface area contributed by atoms with Gasteiger partial charge in [0.2, 0.25) is 0 Å². The monoisotopic (exact) mass is 347 g/mol. The third-order valence-corrected chi connectivity index (χ3v) is 4.17. The fourth-order valence-electron chi connectivity index (χ4n) is 2.14. The highest BCUT2D eigenvalue weighted by Crippen LogP contribution is 2.23. The van der Waals surface area contributed by atoms with Gasteiger partial charge in [-0.25, -0.2) is 0 Å². The van der Waals surface area contributed by atoms with E-state index < -0.39 is 5.54 Å². The summed E-state index contributed by atoms with van der Waals surface area (Å²) in [6.07, 6.45) is 0. The number of carbonyl (C=O) groups is 1. The summed E-state index contributed by atoms with van der Waals surface area (Å²) in [5.74, 6) is -0.217. The van der Waals surface area contributed by atoms with Crippen LogP contribution in [0.2, 0.25) is 0 Å². The largest absolute Gasteiger partial charge is 0.394 e. The van der Waals surface area contributed by atoms with Gasteiger partial charge >= 0.3 is 0 Å². The SMILES string of the molecule is Cc1ccc(Br)c(C(=O)NC(C)(CO)c2ccccc2)c1. The Balaban J connectivity index is 2.30. The van der Waals surface area contributed by atoms with Crippen molar-refractivity contribution in [2.24, 2.45) is 0 Å². The second-order valence-electron chi connectivity index (χ2n) is 5.29. The van der Waals surface area contributed by atoms with E-state index in [0.717, 1.165) is 15.6 Å². The number of rotatable bonds is 4. The van der Waals surface area contributed by atoms with E-state index in [1.54, 1.807) is 0 Å². The lowest BCUT2D eigenvalue weighted by Gasteiger charge is -2.29. The Labute approximate surface area is 133 Å². The average Bonchev–Trinajstić information content (AvgIpc) is 2.50. The number of aliphatic hydroxyl groups excluding tert-OH is 1. The van der Waals surface area contributed by atoms with Gasteiger partial charge in [0.1, 0.15) is 0 Å². The number of nitrogens with one attached hydrogen (secondary N) is 1. The summed E-state index contributed by atoms with van der Waals surface area (Å²) in [6, 6.07) is 15.1. The van der Waals surface area contributed by atoms with Crippen molar-refractivity contribution in [3.05, 3.63) is 69.7 Å². The van der Waals surface area contributed by atoms with Crippen LogP contribution in [0, 0.1) is 6.92 Å². The van der Waals surface area contributed by atoms with Crippen molar-refractivity contribution >= 4 is 21.8 Å². The third-order valence-electron chi connectivity index (χ3n) is 3.48. The van der Waals surface area contributed by atoms with Crippen LogP contribution < -0.4 is 5.32 Å². The van der Waals surface area contributed by atoms with Crippen LogP contribution in [0.4, 0.5) is 0 Å². The van der Waals surface area contributed by atoms with E-state index in [1.807, 2.05) is 62.4 Å². The third kappa shape index (κ3) is 3.52. The van der Waals surface area contributed by atoms with Gasteiger partial charge < -0.3 is 10.4 Å². The molecule has 1 amide bonds. The number of benzene rings is 2. The van der Waals surface area contributed by atoms with Crippen molar-refractivity contribution in [2.45, 2.75) is 19.4 Å². The first kappa shape index (κ1) is 15.7. The zero-order chi connectivity index (χ0) is 15.5. The van der Waals surface area contributed by atoms with Crippen molar-refractivity contribution in [1.82, 2.24) is 5.32 Å². The maximum absolute atomic E-state index is 12.5. The predicted octanol–water partition coefficient (Wildman–Crippen LogP) is 3.40. The van der Waals surface area contributed by atoms with Gasteiger partial charge in [0, 0.05) is 4.47 Å². The van der Waals surface area contributed by atoms with Gasteiger partial charge in [-0.2, -0.15) is 0 Å². The lowest BCUT2D eigenvalue weighted by molar-refractivity contribution is 0.0848. The number of halogens is 1. The Morgan fingerprint density at radius 1 is 1.24 bits per heavy atom. The molecule has 4 heteroatoms. The van der Waals surface area contributed by atoms with E-state index >= 15 is 0 Å². The van der Waals surface area contributed by atoms with Crippen molar-refractivity contribution in [3.8, 4) is 0 Å². The number of aryl methyl sites for hydroxylation is 1. The molecule has 0 aliphatic rings. The minimum absolute atomic E-state index is 0.174. The molecule has 0 aliphatic heterocycles. The van der Waals surface area contributed by atoms with Crippen LogP contribution in [0.25, 0.3) is 0 Å². The molecule has 1 unspecified atom stereocenters. The number of carbonyl (C=O) groups excluding carboxylic acids is 1. The van der Waals surface area contributed by atoms with Crippen LogP contribution in [0.3, 0.4) is 0 Å². The molecule has 0 spiro atoms. The Kier molecular flexibility index (Phi) is 4.80. The second kappa shape index (κ2) is 6.41. The molecule has 0 saturated carbocycles. The standard InChI is InChI=1S/C17H18BrNO2/c1-12-8-9-15(18)14(10-12)16(21)19-17(2,11-20)13-6-4-3-5-7-13/h3-10,20H,11H2,1-2H3,(H,19,21). The minimum atomic E-state index is -0.818. The highest BCUT2D eigenvalue weighted by Gasteiger charge is 2.28. The maximum atomic E-state index is 12.5. The molecule has 21 heavy (non-hydrogen) atoms. The second-order valence-corrected chi connectivity index (χ2v) is 6.15. The highest BCUT2D eigenvalue weighted by atomic mass is 79.9. The number of amides is 1. The molecule has 2 N–H and O–H groups in total. The Bertz CT molecular complexity index is 642. The van der Waals surface area contributed by atoms with Crippen molar-refractivity contribution in [3.63, 3.8) is 0 Å². The van der Waals surface area contributed by atoms with Crippen LogP contribution in [0.15, 0.2) is 53.0 Å². The van der Waals surface area contributed by atoms with Crippen LogP contribution in [-0.4, -0.2) is 17.6 Å². The summed E-state index contributed by atoms with van der Waals surface area (Å²) in [4.78, 5) is 12.5. The fraction of sp³-hybridized carbons (Fsp3) is 0.235. The van der Waals surface area contributed by atoms with E-state index in [-0.39, 0.29) is 12.5 Å². The van der Waals surface area contributed by atoms with Crippen LogP contribution in [-0.2, 0) is 5.54 Å². The first-order chi connectivity index (χ1) is 9.96. The predicted molar refractivity (Wildman–Crippen MR) is 87.2 cm³/mol. The normalized spacial score (nSPS) is 13.5. The molecule has 2 aromatic rings. The van der Waals surface area contributed by atoms with E-state index in [4.69, 9.17) is 0 Å². The van der Waals surface area contributed by atoms with Gasteiger partial charge in [0.15, 0.2) is 0 Å². The molecular formula is C17H18BrNO2. The minimum Gasteiger partial charge on any atom is -0.394 e. The van der Waals surface area contributed by atoms with Gasteiger partial charge in [0.25, 0.3) is 5.91 Å². The van der Waals surface area contributed by atoms with Gasteiger partial charge in [-0.15, -0.1) is 0 Å². The van der Waals surface area contributed by atoms with Crippen LogP contribution in [0.5, 0.6) is 0 Å². The Hall–Kier alpha value is -1.65. The van der Waals surface area contributed by atoms with E-state index in [0.29, 0.717) is 5.56 Å². The number of aliphatic hydroxyl groups is 1. The van der Waals surface area contributed by atoms with Gasteiger partial charge in [-0.3, -0.25) is 4.79 Å². The number of hydrogen-bond donors (Lipinski definition) is 2. The summed E-state index contributed by atoms with van der Waals surface area (Å²) in [5, 5.41) is 12.7. The number of hydrogen-bond acceptors (Lipinski definition) is 2. The van der Waals surface area contributed by atoms with Crippen molar-refractivity contribution in [2.75, 3.05) is 6.61 Å². The molecule has 0 aliphatic carbocycles. The first-order valence-electron chi connectivity index (χ1n) is 6.71. The first-order valence-corrected chi connectivity index (χ1v) is 7.50. The van der Waals surface area contributed by atoms with Gasteiger partial charge in [-0.05, 0) is 47.5 Å². The molecule has 0 heterocycles. The molecular weight excluding hydrogens is 330 g/mol. The molecule has 3 nitrogen and oxygen atoms in total. The summed E-state index contributed by atoms with van der Waals surface area (Å²) in [7, 11) is 0. The maximum Gasteiger partial charge on any atom is 0.253 e. The fourth-order valence-corrected chi connectivity index (χ4v) is 2.57. The van der Waals surface area contributed by atoms with E-state index in [1.165, 1.54) is 0 Å². The summed E-state index contributed by atoms with van der Waals surface area (Å²) >= 11 is 3.39. The molecule has 2 aromatic carbocycles. The molecule has 110 valence electrons. The Morgan fingerprint density at radius 3 is 2.52 bits per heavy atom. The van der Waals surface area contributed by atoms with E-state index in [2.05, 4.69) is 21.2 Å². The summed E-state index contributed by atoms with van der Waals surface area (Å²) in [5.41, 5.74) is 1.62. The smallest absolute Gasteiger partial charge is 0.253 e. The molecule has 1 atom stereocenters. The van der Waals surface area contributed by atoms with Crippen LogP contribution >= 0.6 is 15.9 Å². The zero-order valence-electron chi connectivity index (χ0n) is 12.1. The molecule has 0 saturated heterocycles. The Morgan fingerprint density at radius 2 is 1.90 bits per heavy atom. The van der Waals surface area contributed by atoms with Crippen molar-refractivity contribution in [1.29, 1.82) is 0 Å². The highest BCUT2D eigenvalue weighted by molar-refractivity contribution is 9.10. The van der Waals surface area contributed by atoms with Gasteiger partial charge in [0.05, 0.1) is 17.7 Å². The molecule has 0 bridgehead atoms. The summed E-state index contributed by atoms with van der Waals surface area (Å²) in [6.45, 7) is 3.57. The topological polar surface area (TPSA) is 49.3 Å². The lowest BCUT2D eigenvalue weighted by atomic mass is 9.92. The van der Waals surface area contributed by atoms with E-state index in [9.17, 15) is 9.90 Å². The van der Waals surface area contributed by atoms with Gasteiger partial charge in [-0.1, -0.05) is 42.0 Å². The summed E-state index contributed by atoms with van der Waals surface area (Å²) < 4.78 is 0.735. The zero-order valence-corrected chi connectivity index (χ0v) is 13.6. The quantitative estimate of drug-likeness (QED) is 0.890. The van der Waals surface area contributed by atoms with Crippen molar-refractivity contribution < 1.29 is 9.90 Å². The molecule has 2 rings (SSSR count). The van der Waals surface area contributed by atoms with Crippen LogP contribution in [0.1, 0.15) is 28.4 Å². The average molecular weight is 348 g/mol. The molecule has 0 aromatic heterocycles.